The molecule has 1 N–H and O–H groups in total. The highest BCUT2D eigenvalue weighted by atomic mass is 16.5. The second-order valence-corrected chi connectivity index (χ2v) is 8.24. The standard InChI is InChI=1S/C28H24N2O3/c1-33-28(32)22-16-14-21(15-17-22)26(31)27-29-24-9-5-8-23(25(24)30-27)20-12-10-19(11-13-20)18-6-3-2-4-7-18/h5-6,8-17H,2-4,7H2,1H3,(H,29,30). The average molecular weight is 437 g/mol. The predicted octanol–water partition coefficient (Wildman–Crippen LogP) is 6.20. The van der Waals surface area contributed by atoms with Crippen LogP contribution in [0.4, 0.5) is 0 Å². The first-order chi connectivity index (χ1) is 16.1. The largest absolute Gasteiger partial charge is 0.465 e. The third-order valence-corrected chi connectivity index (χ3v) is 6.15. The number of carbonyl (C=O) groups is 2. The number of aromatic amines is 1. The van der Waals surface area contributed by atoms with E-state index in [2.05, 4.69) is 40.3 Å². The highest BCUT2D eigenvalue weighted by molar-refractivity contribution is 6.09. The van der Waals surface area contributed by atoms with Gasteiger partial charge in [-0.1, -0.05) is 54.6 Å². The minimum atomic E-state index is -0.437. The first kappa shape index (κ1) is 20.9. The number of aromatic nitrogens is 2. The number of carbonyl (C=O) groups excluding carboxylic acids is 2. The number of hydrogen-bond acceptors (Lipinski definition) is 4. The van der Waals surface area contributed by atoms with Gasteiger partial charge in [0.25, 0.3) is 0 Å². The van der Waals surface area contributed by atoms with Crippen LogP contribution >= 0.6 is 0 Å². The van der Waals surface area contributed by atoms with Gasteiger partial charge in [0, 0.05) is 11.1 Å². The van der Waals surface area contributed by atoms with Crippen LogP contribution in [0.15, 0.2) is 72.8 Å². The first-order valence-corrected chi connectivity index (χ1v) is 11.2. The second kappa shape index (κ2) is 8.87. The molecular formula is C28H24N2O3. The number of rotatable bonds is 5. The molecule has 164 valence electrons. The Morgan fingerprint density at radius 2 is 1.61 bits per heavy atom. The monoisotopic (exact) mass is 436 g/mol. The topological polar surface area (TPSA) is 72.1 Å². The quantitative estimate of drug-likeness (QED) is 0.298. The van der Waals surface area contributed by atoms with Crippen LogP contribution in [0.25, 0.3) is 27.7 Å². The number of benzene rings is 3. The van der Waals surface area contributed by atoms with Crippen LogP contribution in [0.3, 0.4) is 0 Å². The maximum Gasteiger partial charge on any atom is 0.337 e. The molecule has 3 aromatic carbocycles. The van der Waals surface area contributed by atoms with E-state index in [1.54, 1.807) is 24.3 Å². The van der Waals surface area contributed by atoms with Gasteiger partial charge in [0.1, 0.15) is 0 Å². The number of para-hydroxylation sites is 1. The molecule has 1 heterocycles. The summed E-state index contributed by atoms with van der Waals surface area (Å²) in [6.45, 7) is 0. The normalized spacial score (nSPS) is 13.5. The van der Waals surface area contributed by atoms with Gasteiger partial charge in [-0.25, -0.2) is 9.78 Å². The Hall–Kier alpha value is -3.99. The van der Waals surface area contributed by atoms with Crippen molar-refractivity contribution in [1.29, 1.82) is 0 Å². The average Bonchev–Trinajstić information content (AvgIpc) is 3.33. The van der Waals surface area contributed by atoms with Gasteiger partial charge < -0.3 is 9.72 Å². The summed E-state index contributed by atoms with van der Waals surface area (Å²) < 4.78 is 4.71. The minimum absolute atomic E-state index is 0.229. The molecule has 1 aromatic heterocycles. The molecule has 0 radical (unpaired) electrons. The Morgan fingerprint density at radius 1 is 0.879 bits per heavy atom. The Morgan fingerprint density at radius 3 is 2.30 bits per heavy atom. The smallest absolute Gasteiger partial charge is 0.337 e. The number of nitrogens with zero attached hydrogens (tertiary/aromatic N) is 1. The first-order valence-electron chi connectivity index (χ1n) is 11.2. The van der Waals surface area contributed by atoms with Crippen LogP contribution in [0.1, 0.15) is 57.8 Å². The lowest BCUT2D eigenvalue weighted by Gasteiger charge is -2.13. The maximum atomic E-state index is 13.0. The SMILES string of the molecule is COC(=O)c1ccc(C(=O)c2nc3c(-c4ccc(C5=CCCCC5)cc4)cccc3[nH]2)cc1. The van der Waals surface area contributed by atoms with Crippen molar-refractivity contribution in [2.45, 2.75) is 25.7 Å². The van der Waals surface area contributed by atoms with Crippen LogP contribution in [0, 0.1) is 0 Å². The molecule has 4 aromatic rings. The highest BCUT2D eigenvalue weighted by Gasteiger charge is 2.17. The van der Waals surface area contributed by atoms with Crippen molar-refractivity contribution in [2.24, 2.45) is 0 Å². The van der Waals surface area contributed by atoms with Crippen LogP contribution in [-0.4, -0.2) is 28.8 Å². The summed E-state index contributed by atoms with van der Waals surface area (Å²) in [6, 6.07) is 20.9. The van der Waals surface area contributed by atoms with Crippen molar-refractivity contribution in [3.8, 4) is 11.1 Å². The molecule has 0 atom stereocenters. The van der Waals surface area contributed by atoms with E-state index in [4.69, 9.17) is 4.74 Å². The minimum Gasteiger partial charge on any atom is -0.465 e. The molecule has 0 aliphatic heterocycles. The van der Waals surface area contributed by atoms with E-state index in [1.807, 2.05) is 18.2 Å². The second-order valence-electron chi connectivity index (χ2n) is 8.24. The number of nitrogens with one attached hydrogen (secondary N) is 1. The molecule has 0 saturated heterocycles. The Balaban J connectivity index is 1.45. The number of imidazole rings is 1. The van der Waals surface area contributed by atoms with Gasteiger partial charge >= 0.3 is 5.97 Å². The Labute approximate surface area is 192 Å². The van der Waals surface area contributed by atoms with Gasteiger partial charge in [0.2, 0.25) is 5.78 Å². The van der Waals surface area contributed by atoms with E-state index < -0.39 is 5.97 Å². The summed E-state index contributed by atoms with van der Waals surface area (Å²) in [4.78, 5) is 32.5. The number of ether oxygens (including phenoxy) is 1. The molecule has 5 rings (SSSR count). The van der Waals surface area contributed by atoms with E-state index >= 15 is 0 Å². The van der Waals surface area contributed by atoms with Gasteiger partial charge in [0.15, 0.2) is 5.82 Å². The predicted molar refractivity (Wildman–Crippen MR) is 129 cm³/mol. The van der Waals surface area contributed by atoms with Crippen molar-refractivity contribution in [2.75, 3.05) is 7.11 Å². The molecule has 5 heteroatoms. The van der Waals surface area contributed by atoms with Crippen molar-refractivity contribution in [1.82, 2.24) is 9.97 Å². The number of esters is 1. The summed E-state index contributed by atoms with van der Waals surface area (Å²) in [5.41, 5.74) is 7.16. The molecule has 0 bridgehead atoms. The summed E-state index contributed by atoms with van der Waals surface area (Å²) in [5.74, 6) is -0.395. The van der Waals surface area contributed by atoms with Crippen molar-refractivity contribution in [3.63, 3.8) is 0 Å². The van der Waals surface area contributed by atoms with E-state index in [0.717, 1.165) is 35.0 Å². The zero-order valence-corrected chi connectivity index (χ0v) is 18.4. The van der Waals surface area contributed by atoms with Crippen LogP contribution in [0.2, 0.25) is 0 Å². The number of methoxy groups -OCH3 is 1. The number of H-pyrrole nitrogens is 1. The summed E-state index contributed by atoms with van der Waals surface area (Å²) in [5, 5.41) is 0. The molecule has 33 heavy (non-hydrogen) atoms. The lowest BCUT2D eigenvalue weighted by atomic mass is 9.92. The number of hydrogen-bond donors (Lipinski definition) is 1. The fourth-order valence-corrected chi connectivity index (χ4v) is 4.35. The van der Waals surface area contributed by atoms with Gasteiger partial charge in [-0.2, -0.15) is 0 Å². The third-order valence-electron chi connectivity index (χ3n) is 6.15. The van der Waals surface area contributed by atoms with Crippen molar-refractivity contribution in [3.05, 3.63) is 95.3 Å². The molecule has 1 aliphatic rings. The summed E-state index contributed by atoms with van der Waals surface area (Å²) in [7, 11) is 1.33. The summed E-state index contributed by atoms with van der Waals surface area (Å²) >= 11 is 0. The summed E-state index contributed by atoms with van der Waals surface area (Å²) in [6.07, 6.45) is 7.18. The highest BCUT2D eigenvalue weighted by Crippen LogP contribution is 2.31. The van der Waals surface area contributed by atoms with E-state index in [0.29, 0.717) is 11.1 Å². The number of allylic oxidation sites excluding steroid dienone is 2. The van der Waals surface area contributed by atoms with Crippen molar-refractivity contribution < 1.29 is 14.3 Å². The number of fused-ring (bicyclic) bond motifs is 1. The maximum absolute atomic E-state index is 13.0. The fourth-order valence-electron chi connectivity index (χ4n) is 4.35. The van der Waals surface area contributed by atoms with Crippen LogP contribution < -0.4 is 0 Å². The van der Waals surface area contributed by atoms with E-state index in [1.165, 1.54) is 31.1 Å². The Kier molecular flexibility index (Phi) is 5.61. The molecule has 0 unspecified atom stereocenters. The molecule has 5 nitrogen and oxygen atoms in total. The van der Waals surface area contributed by atoms with Gasteiger partial charge in [-0.05, 0) is 60.6 Å². The molecule has 0 fully saturated rings. The zero-order chi connectivity index (χ0) is 22.8. The van der Waals surface area contributed by atoms with Gasteiger partial charge in [-0.15, -0.1) is 0 Å². The van der Waals surface area contributed by atoms with Crippen molar-refractivity contribution >= 4 is 28.4 Å². The molecule has 0 spiro atoms. The van der Waals surface area contributed by atoms with E-state index in [9.17, 15) is 9.59 Å². The Bertz CT molecular complexity index is 1360. The van der Waals surface area contributed by atoms with Crippen LogP contribution in [-0.2, 0) is 4.74 Å². The lowest BCUT2D eigenvalue weighted by Crippen LogP contribution is -2.05. The lowest BCUT2D eigenvalue weighted by molar-refractivity contribution is 0.0600. The third kappa shape index (κ3) is 4.10. The zero-order valence-electron chi connectivity index (χ0n) is 18.4. The van der Waals surface area contributed by atoms with Gasteiger partial charge in [-0.3, -0.25) is 4.79 Å². The van der Waals surface area contributed by atoms with Crippen LogP contribution in [0.5, 0.6) is 0 Å². The molecule has 0 saturated carbocycles. The van der Waals surface area contributed by atoms with E-state index in [-0.39, 0.29) is 11.6 Å². The molecule has 0 amide bonds. The molecular weight excluding hydrogens is 412 g/mol. The van der Waals surface area contributed by atoms with Gasteiger partial charge in [0.05, 0.1) is 23.7 Å². The fraction of sp³-hybridized carbons (Fsp3) is 0.179. The molecule has 1 aliphatic carbocycles. The number of ketones is 1.